The minimum absolute atomic E-state index is 0.000665. The van der Waals surface area contributed by atoms with Gasteiger partial charge in [-0.1, -0.05) is 153 Å². The summed E-state index contributed by atoms with van der Waals surface area (Å²) in [6.07, 6.45) is 7.12. The van der Waals surface area contributed by atoms with Gasteiger partial charge < -0.3 is 9.47 Å². The van der Waals surface area contributed by atoms with Crippen molar-refractivity contribution in [3.63, 3.8) is 0 Å². The van der Waals surface area contributed by atoms with Gasteiger partial charge >= 0.3 is 0 Å². The van der Waals surface area contributed by atoms with E-state index in [2.05, 4.69) is 193 Å². The van der Waals surface area contributed by atoms with E-state index in [4.69, 9.17) is 0 Å². The van der Waals surface area contributed by atoms with Crippen molar-refractivity contribution in [2.75, 3.05) is 4.90 Å². The predicted molar refractivity (Wildman–Crippen MR) is 231 cm³/mol. The molecule has 0 radical (unpaired) electrons. The van der Waals surface area contributed by atoms with Gasteiger partial charge in [0.05, 0.1) is 22.8 Å². The van der Waals surface area contributed by atoms with Crippen LogP contribution in [0.2, 0.25) is 0 Å². The summed E-state index contributed by atoms with van der Waals surface area (Å²) < 4.78 is 2.59. The molecule has 2 heteroatoms. The first kappa shape index (κ1) is 29.8. The number of hydrogen-bond acceptors (Lipinski definition) is 1. The van der Waals surface area contributed by atoms with E-state index in [9.17, 15) is 0 Å². The Morgan fingerprint density at radius 3 is 2.15 bits per heavy atom. The number of hydrogen-bond donors (Lipinski definition) is 0. The molecule has 9 aromatic rings. The third kappa shape index (κ3) is 3.65. The lowest BCUT2D eigenvalue weighted by molar-refractivity contribution is 0.660. The fourth-order valence-electron chi connectivity index (χ4n) is 11.1. The maximum Gasteiger partial charge on any atom is 0.0703 e. The van der Waals surface area contributed by atoms with Gasteiger partial charge in [0.15, 0.2) is 0 Å². The summed E-state index contributed by atoms with van der Waals surface area (Å²) in [5.41, 5.74) is 18.7. The molecule has 2 nitrogen and oxygen atoms in total. The van der Waals surface area contributed by atoms with E-state index in [1.807, 2.05) is 0 Å². The zero-order valence-corrected chi connectivity index (χ0v) is 30.7. The molecule has 2 unspecified atom stereocenters. The zero-order valence-electron chi connectivity index (χ0n) is 30.7. The molecule has 3 heterocycles. The normalized spacial score (nSPS) is 18.1. The number of anilines is 2. The molecule has 2 aliphatic heterocycles. The minimum Gasteiger partial charge on any atom is -0.332 e. The molecule has 13 rings (SSSR count). The lowest BCUT2D eigenvalue weighted by atomic mass is 9.82. The second-order valence-corrected chi connectivity index (χ2v) is 16.4. The number of para-hydroxylation sites is 1. The molecule has 0 saturated carbocycles. The molecular formula is C53H36N2. The zero-order chi connectivity index (χ0) is 36.2. The van der Waals surface area contributed by atoms with Gasteiger partial charge in [-0.25, -0.2) is 0 Å². The summed E-state index contributed by atoms with van der Waals surface area (Å²) in [7, 11) is 0. The molecule has 0 fully saturated rings. The fourth-order valence-corrected chi connectivity index (χ4v) is 11.1. The van der Waals surface area contributed by atoms with Crippen LogP contribution >= 0.6 is 0 Å². The van der Waals surface area contributed by atoms with Crippen molar-refractivity contribution in [2.24, 2.45) is 0 Å². The highest BCUT2D eigenvalue weighted by atomic mass is 15.2. The molecule has 1 aromatic heterocycles. The molecular weight excluding hydrogens is 665 g/mol. The van der Waals surface area contributed by atoms with Crippen molar-refractivity contribution in [2.45, 2.75) is 31.2 Å². The van der Waals surface area contributed by atoms with Crippen LogP contribution in [0.4, 0.5) is 11.4 Å². The van der Waals surface area contributed by atoms with E-state index in [1.54, 1.807) is 0 Å². The third-order valence-corrected chi connectivity index (χ3v) is 13.4. The van der Waals surface area contributed by atoms with E-state index in [0.717, 1.165) is 0 Å². The maximum atomic E-state index is 2.67. The minimum atomic E-state index is 0.000665. The standard InChI is InChI=1S/C53H36N2/c1-53(2)43-20-9-7-14-36(43)42-30-33(24-28-44(42)53)31-22-26-34(27-23-31)54-46-29-25-32-12-3-4-13-35(32)47(46)48-38-16-5-6-17-40(38)51-49(52(48)54)41-19-11-18-39-37-15-8-10-21-45(37)55(51)50(39)41/h3-30,41,50H,1-2H3. The van der Waals surface area contributed by atoms with Crippen LogP contribution in [-0.4, -0.2) is 10.6 Å². The number of nitrogens with zero attached hydrogens (tertiary/aromatic N) is 2. The van der Waals surface area contributed by atoms with Gasteiger partial charge in [-0.05, 0) is 85.4 Å². The summed E-state index contributed by atoms with van der Waals surface area (Å²) >= 11 is 0. The summed E-state index contributed by atoms with van der Waals surface area (Å²) in [6, 6.07) is 57.4. The van der Waals surface area contributed by atoms with E-state index in [-0.39, 0.29) is 17.4 Å². The van der Waals surface area contributed by atoms with Crippen LogP contribution in [0.25, 0.3) is 76.9 Å². The summed E-state index contributed by atoms with van der Waals surface area (Å²) in [4.78, 5) is 2.67. The highest BCUT2D eigenvalue weighted by Gasteiger charge is 2.49. The Morgan fingerprint density at radius 1 is 0.564 bits per heavy atom. The van der Waals surface area contributed by atoms with Crippen molar-refractivity contribution in [1.29, 1.82) is 0 Å². The molecule has 258 valence electrons. The second kappa shape index (κ2) is 10.3. The number of aromatic nitrogens is 1. The molecule has 8 aromatic carbocycles. The summed E-state index contributed by atoms with van der Waals surface area (Å²) in [5, 5.41) is 7.89. The predicted octanol–water partition coefficient (Wildman–Crippen LogP) is 13.6. The highest BCUT2D eigenvalue weighted by Crippen LogP contribution is 2.62. The van der Waals surface area contributed by atoms with E-state index in [1.165, 1.54) is 110 Å². The Morgan fingerprint density at radius 2 is 1.27 bits per heavy atom. The number of benzene rings is 8. The third-order valence-electron chi connectivity index (χ3n) is 13.4. The van der Waals surface area contributed by atoms with Crippen molar-refractivity contribution < 1.29 is 0 Å². The quantitative estimate of drug-likeness (QED) is 0.174. The summed E-state index contributed by atoms with van der Waals surface area (Å²) in [6.45, 7) is 4.70. The molecule has 0 bridgehead atoms. The van der Waals surface area contributed by atoms with Crippen molar-refractivity contribution in [3.05, 3.63) is 192 Å². The average Bonchev–Trinajstić information content (AvgIpc) is 3.94. The molecule has 0 saturated heterocycles. The molecule has 0 amide bonds. The van der Waals surface area contributed by atoms with E-state index in [0.29, 0.717) is 0 Å². The Hall–Kier alpha value is -6.64. The van der Waals surface area contributed by atoms with Crippen LogP contribution in [0.3, 0.4) is 0 Å². The van der Waals surface area contributed by atoms with Gasteiger partial charge in [0, 0.05) is 50.0 Å². The first-order valence-electron chi connectivity index (χ1n) is 19.6. The van der Waals surface area contributed by atoms with Crippen molar-refractivity contribution in [1.82, 2.24) is 4.57 Å². The van der Waals surface area contributed by atoms with Gasteiger partial charge in [0.2, 0.25) is 0 Å². The molecule has 0 spiro atoms. The Balaban J connectivity index is 1.10. The first-order valence-corrected chi connectivity index (χ1v) is 19.6. The van der Waals surface area contributed by atoms with Gasteiger partial charge in [0.25, 0.3) is 0 Å². The lowest BCUT2D eigenvalue weighted by Gasteiger charge is -2.24. The Bertz CT molecular complexity index is 3240. The largest absolute Gasteiger partial charge is 0.332 e. The number of rotatable bonds is 2. The van der Waals surface area contributed by atoms with Crippen LogP contribution in [0.5, 0.6) is 0 Å². The molecule has 2 atom stereocenters. The van der Waals surface area contributed by atoms with Crippen LogP contribution < -0.4 is 4.90 Å². The van der Waals surface area contributed by atoms with Crippen molar-refractivity contribution in [3.8, 4) is 27.9 Å². The molecule has 2 aliphatic carbocycles. The molecule has 0 N–H and O–H groups in total. The Kier molecular flexibility index (Phi) is 5.58. The molecule has 55 heavy (non-hydrogen) atoms. The number of fused-ring (bicyclic) bond motifs is 18. The summed E-state index contributed by atoms with van der Waals surface area (Å²) in [5.74, 6) is 0.224. The monoisotopic (exact) mass is 700 g/mol. The topological polar surface area (TPSA) is 8.17 Å². The van der Waals surface area contributed by atoms with Crippen LogP contribution in [0, 0.1) is 0 Å². The number of allylic oxidation sites excluding steroid dienone is 2. The molecule has 4 aliphatic rings. The highest BCUT2D eigenvalue weighted by molar-refractivity contribution is 6.32. The van der Waals surface area contributed by atoms with Gasteiger partial charge in [-0.2, -0.15) is 0 Å². The van der Waals surface area contributed by atoms with Gasteiger partial charge in [0.1, 0.15) is 0 Å². The van der Waals surface area contributed by atoms with Gasteiger partial charge in [-0.3, -0.25) is 0 Å². The van der Waals surface area contributed by atoms with Crippen LogP contribution in [0.1, 0.15) is 42.0 Å². The van der Waals surface area contributed by atoms with Crippen molar-refractivity contribution >= 4 is 60.3 Å². The lowest BCUT2D eigenvalue weighted by Crippen LogP contribution is -2.26. The Labute approximate surface area is 319 Å². The SMILES string of the molecule is CC1(C)c2ccccc2-c2cc(-c3ccc(-n4c5ccc6ccccc6c5c5c6ccccc6c6c(c54)C4C=CC=C5c7ccccc7N6C54)cc3)ccc21. The maximum absolute atomic E-state index is 2.67. The van der Waals surface area contributed by atoms with Gasteiger partial charge in [-0.15, -0.1) is 0 Å². The van der Waals surface area contributed by atoms with E-state index >= 15 is 0 Å². The second-order valence-electron chi connectivity index (χ2n) is 16.4. The van der Waals surface area contributed by atoms with Crippen LogP contribution in [0.15, 0.2) is 170 Å². The average molecular weight is 701 g/mol. The van der Waals surface area contributed by atoms with Crippen LogP contribution in [-0.2, 0) is 5.41 Å². The van der Waals surface area contributed by atoms with E-state index < -0.39 is 0 Å². The smallest absolute Gasteiger partial charge is 0.0703 e. The fraction of sp³-hybridized carbons (Fsp3) is 0.0943. The first-order chi connectivity index (χ1) is 27.1.